The summed E-state index contributed by atoms with van der Waals surface area (Å²) in [7, 11) is 0. The van der Waals surface area contributed by atoms with E-state index in [1.54, 1.807) is 13.8 Å². The zero-order valence-corrected chi connectivity index (χ0v) is 7.20. The first kappa shape index (κ1) is 9.09. The van der Waals surface area contributed by atoms with E-state index in [1.807, 2.05) is 0 Å². The van der Waals surface area contributed by atoms with Gasteiger partial charge in [0.05, 0.1) is 24.6 Å². The molecule has 0 aromatic carbocycles. The van der Waals surface area contributed by atoms with E-state index < -0.39 is 0 Å². The van der Waals surface area contributed by atoms with E-state index in [4.69, 9.17) is 10.2 Å². The molecule has 0 unspecified atom stereocenters. The normalized spacial score (nSPS) is 10.3. The van der Waals surface area contributed by atoms with Gasteiger partial charge >= 0.3 is 0 Å². The number of aliphatic hydroxyl groups excluding tert-OH is 2. The van der Waals surface area contributed by atoms with Crippen LogP contribution in [0.3, 0.4) is 0 Å². The predicted molar refractivity (Wildman–Crippen MR) is 43.4 cm³/mol. The molecule has 0 saturated heterocycles. The molecule has 0 radical (unpaired) electrons. The van der Waals surface area contributed by atoms with E-state index >= 15 is 0 Å². The van der Waals surface area contributed by atoms with Crippen molar-refractivity contribution in [3.8, 4) is 0 Å². The Morgan fingerprint density at radius 3 is 1.75 bits per heavy atom. The van der Waals surface area contributed by atoms with Crippen molar-refractivity contribution in [2.45, 2.75) is 27.1 Å². The van der Waals surface area contributed by atoms with Crippen LogP contribution in [0.15, 0.2) is 0 Å². The second kappa shape index (κ2) is 3.60. The van der Waals surface area contributed by atoms with Gasteiger partial charge in [0, 0.05) is 0 Å². The minimum absolute atomic E-state index is 0.109. The molecule has 0 saturated carbocycles. The summed E-state index contributed by atoms with van der Waals surface area (Å²) < 4.78 is 0. The molecular weight excluding hydrogens is 156 g/mol. The van der Waals surface area contributed by atoms with E-state index in [0.717, 1.165) is 5.56 Å². The van der Waals surface area contributed by atoms with Gasteiger partial charge in [-0.15, -0.1) is 0 Å². The average molecular weight is 168 g/mol. The first-order valence-corrected chi connectivity index (χ1v) is 3.73. The zero-order valence-electron chi connectivity index (χ0n) is 7.20. The quantitative estimate of drug-likeness (QED) is 0.656. The van der Waals surface area contributed by atoms with Crippen LogP contribution >= 0.6 is 0 Å². The number of hydrogen-bond donors (Lipinski definition) is 2. The molecule has 4 heteroatoms. The van der Waals surface area contributed by atoms with Crippen LogP contribution < -0.4 is 0 Å². The average Bonchev–Trinajstić information content (AvgIpc) is 2.08. The molecule has 1 heterocycles. The highest BCUT2D eigenvalue weighted by atomic mass is 16.3. The molecular formula is C8H12N2O2. The Morgan fingerprint density at radius 2 is 1.42 bits per heavy atom. The van der Waals surface area contributed by atoms with Gasteiger partial charge in [-0.1, -0.05) is 0 Å². The van der Waals surface area contributed by atoms with Gasteiger partial charge in [0.15, 0.2) is 0 Å². The molecule has 2 N–H and O–H groups in total. The van der Waals surface area contributed by atoms with Gasteiger partial charge in [-0.2, -0.15) is 0 Å². The van der Waals surface area contributed by atoms with Gasteiger partial charge in [-0.25, -0.2) is 9.97 Å². The fraction of sp³-hybridized carbons (Fsp3) is 0.500. The van der Waals surface area contributed by atoms with E-state index in [1.165, 1.54) is 0 Å². The maximum absolute atomic E-state index is 8.89. The van der Waals surface area contributed by atoms with E-state index in [0.29, 0.717) is 17.2 Å². The lowest BCUT2D eigenvalue weighted by Crippen LogP contribution is -2.05. The molecule has 0 aliphatic carbocycles. The number of nitrogens with zero attached hydrogens (tertiary/aromatic N) is 2. The number of hydrogen-bond acceptors (Lipinski definition) is 4. The van der Waals surface area contributed by atoms with Crippen LogP contribution in [0.4, 0.5) is 0 Å². The van der Waals surface area contributed by atoms with Crippen LogP contribution in [0.1, 0.15) is 22.8 Å². The standard InChI is InChI=1S/C8H12N2O2/c1-5-7(3-11)9-6(2)10-8(5)4-12/h11-12H,3-4H2,1-2H3. The fourth-order valence-corrected chi connectivity index (χ4v) is 1.06. The molecule has 0 amide bonds. The lowest BCUT2D eigenvalue weighted by Gasteiger charge is -2.06. The molecule has 1 aromatic rings. The maximum atomic E-state index is 8.89. The minimum atomic E-state index is -0.109. The number of aromatic nitrogens is 2. The Morgan fingerprint density at radius 1 is 1.00 bits per heavy atom. The third kappa shape index (κ3) is 1.60. The van der Waals surface area contributed by atoms with Crippen LogP contribution in [-0.4, -0.2) is 20.2 Å². The highest BCUT2D eigenvalue weighted by molar-refractivity contribution is 5.23. The summed E-state index contributed by atoms with van der Waals surface area (Å²) in [5, 5.41) is 17.8. The van der Waals surface area contributed by atoms with Crippen LogP contribution in [0.2, 0.25) is 0 Å². The monoisotopic (exact) mass is 168 g/mol. The van der Waals surface area contributed by atoms with Gasteiger partial charge in [0.2, 0.25) is 0 Å². The van der Waals surface area contributed by atoms with Crippen molar-refractivity contribution in [1.29, 1.82) is 0 Å². The van der Waals surface area contributed by atoms with Crippen molar-refractivity contribution in [2.75, 3.05) is 0 Å². The lowest BCUT2D eigenvalue weighted by atomic mass is 10.2. The first-order valence-electron chi connectivity index (χ1n) is 3.73. The molecule has 0 bridgehead atoms. The fourth-order valence-electron chi connectivity index (χ4n) is 1.06. The first-order chi connectivity index (χ1) is 5.69. The summed E-state index contributed by atoms with van der Waals surface area (Å²) in [5.74, 6) is 0.578. The highest BCUT2D eigenvalue weighted by Gasteiger charge is 2.06. The molecule has 0 atom stereocenters. The van der Waals surface area contributed by atoms with Gasteiger partial charge in [0.1, 0.15) is 5.82 Å². The Balaban J connectivity index is 3.22. The van der Waals surface area contributed by atoms with Crippen LogP contribution in [0.25, 0.3) is 0 Å². The second-order valence-corrected chi connectivity index (χ2v) is 2.61. The lowest BCUT2D eigenvalue weighted by molar-refractivity contribution is 0.266. The summed E-state index contributed by atoms with van der Waals surface area (Å²) in [6.07, 6.45) is 0. The van der Waals surface area contributed by atoms with Crippen molar-refractivity contribution in [3.05, 3.63) is 22.8 Å². The molecule has 0 aliphatic rings. The van der Waals surface area contributed by atoms with Crippen LogP contribution in [0, 0.1) is 13.8 Å². The van der Waals surface area contributed by atoms with Crippen LogP contribution in [-0.2, 0) is 13.2 Å². The largest absolute Gasteiger partial charge is 0.390 e. The molecule has 4 nitrogen and oxygen atoms in total. The van der Waals surface area contributed by atoms with Gasteiger partial charge in [0.25, 0.3) is 0 Å². The smallest absolute Gasteiger partial charge is 0.126 e. The molecule has 1 aromatic heterocycles. The molecule has 0 fully saturated rings. The summed E-state index contributed by atoms with van der Waals surface area (Å²) in [4.78, 5) is 8.06. The van der Waals surface area contributed by atoms with Crippen molar-refractivity contribution in [1.82, 2.24) is 9.97 Å². The number of aliphatic hydroxyl groups is 2. The van der Waals surface area contributed by atoms with E-state index in [2.05, 4.69) is 9.97 Å². The summed E-state index contributed by atoms with van der Waals surface area (Å²) in [6.45, 7) is 3.30. The van der Waals surface area contributed by atoms with Crippen molar-refractivity contribution in [3.63, 3.8) is 0 Å². The zero-order chi connectivity index (χ0) is 9.14. The summed E-state index contributed by atoms with van der Waals surface area (Å²) in [6, 6.07) is 0. The minimum Gasteiger partial charge on any atom is -0.390 e. The molecule has 12 heavy (non-hydrogen) atoms. The number of rotatable bonds is 2. The predicted octanol–water partition coefficient (Wildman–Crippen LogP) is 0.0780. The topological polar surface area (TPSA) is 66.2 Å². The van der Waals surface area contributed by atoms with Gasteiger partial charge in [-0.3, -0.25) is 0 Å². The Bertz CT molecular complexity index is 261. The molecule has 0 aliphatic heterocycles. The summed E-state index contributed by atoms with van der Waals surface area (Å²) >= 11 is 0. The van der Waals surface area contributed by atoms with E-state index in [9.17, 15) is 0 Å². The van der Waals surface area contributed by atoms with Gasteiger partial charge in [-0.05, 0) is 19.4 Å². The third-order valence-corrected chi connectivity index (χ3v) is 1.76. The molecule has 66 valence electrons. The Kier molecular flexibility index (Phi) is 2.73. The van der Waals surface area contributed by atoms with Crippen molar-refractivity contribution < 1.29 is 10.2 Å². The SMILES string of the molecule is Cc1nc(CO)c(C)c(CO)n1. The van der Waals surface area contributed by atoms with Gasteiger partial charge < -0.3 is 10.2 Å². The second-order valence-electron chi connectivity index (χ2n) is 2.61. The highest BCUT2D eigenvalue weighted by Crippen LogP contribution is 2.09. The third-order valence-electron chi connectivity index (χ3n) is 1.76. The Labute approximate surface area is 70.9 Å². The maximum Gasteiger partial charge on any atom is 0.126 e. The van der Waals surface area contributed by atoms with Crippen molar-refractivity contribution >= 4 is 0 Å². The molecule has 1 rings (SSSR count). The molecule has 0 spiro atoms. The Hall–Kier alpha value is -1.00. The van der Waals surface area contributed by atoms with Crippen molar-refractivity contribution in [2.24, 2.45) is 0 Å². The van der Waals surface area contributed by atoms with Crippen LogP contribution in [0.5, 0.6) is 0 Å². The van der Waals surface area contributed by atoms with E-state index in [-0.39, 0.29) is 13.2 Å². The summed E-state index contributed by atoms with van der Waals surface area (Å²) in [5.41, 5.74) is 1.95. The number of aryl methyl sites for hydroxylation is 1.